The van der Waals surface area contributed by atoms with Gasteiger partial charge in [0.15, 0.2) is 0 Å². The fourth-order valence-corrected chi connectivity index (χ4v) is 4.90. The Morgan fingerprint density at radius 1 is 1.17 bits per heavy atom. The van der Waals surface area contributed by atoms with Gasteiger partial charge in [0, 0.05) is 18.7 Å². The largest absolute Gasteiger partial charge is 0.340 e. The smallest absolute Gasteiger partial charge is 0.251 e. The number of hydrogen-bond donors (Lipinski definition) is 2. The lowest BCUT2D eigenvalue weighted by Crippen LogP contribution is -2.47. The highest BCUT2D eigenvalue weighted by molar-refractivity contribution is 7.89. The number of benzene rings is 1. The van der Waals surface area contributed by atoms with Crippen molar-refractivity contribution in [2.45, 2.75) is 45.6 Å². The topological polar surface area (TPSA) is 121 Å². The number of nitrogens with zero attached hydrogens (tertiary/aromatic N) is 3. The summed E-state index contributed by atoms with van der Waals surface area (Å²) >= 11 is 1.23. The summed E-state index contributed by atoms with van der Waals surface area (Å²) in [4.78, 5) is 25.5. The maximum atomic E-state index is 12.8. The fraction of sp³-hybridized carbons (Fsp3) is 0.474. The van der Waals surface area contributed by atoms with E-state index in [1.807, 2.05) is 0 Å². The fourth-order valence-electron chi connectivity index (χ4n) is 2.80. The van der Waals surface area contributed by atoms with Gasteiger partial charge in [0.25, 0.3) is 5.91 Å². The van der Waals surface area contributed by atoms with Crippen LogP contribution in [0.1, 0.15) is 43.1 Å². The predicted octanol–water partition coefficient (Wildman–Crippen LogP) is 2.27. The highest BCUT2D eigenvalue weighted by atomic mass is 32.2. The van der Waals surface area contributed by atoms with Crippen molar-refractivity contribution < 1.29 is 18.0 Å². The Balaban J connectivity index is 2.21. The van der Waals surface area contributed by atoms with Crippen molar-refractivity contribution in [1.29, 1.82) is 0 Å². The number of aryl methyl sites for hydroxylation is 1. The summed E-state index contributed by atoms with van der Waals surface area (Å²) in [6, 6.07) is 4.98. The van der Waals surface area contributed by atoms with E-state index in [0.717, 1.165) is 0 Å². The molecule has 0 spiro atoms. The van der Waals surface area contributed by atoms with Gasteiger partial charge in [-0.15, -0.1) is 10.2 Å². The van der Waals surface area contributed by atoms with Gasteiger partial charge in [0.05, 0.1) is 4.90 Å². The van der Waals surface area contributed by atoms with Crippen LogP contribution in [-0.2, 0) is 14.8 Å². The molecule has 0 fully saturated rings. The summed E-state index contributed by atoms with van der Waals surface area (Å²) in [7, 11) is -3.70. The molecule has 1 aromatic heterocycles. The van der Waals surface area contributed by atoms with Gasteiger partial charge in [0.2, 0.25) is 21.1 Å². The number of hydrogen-bond acceptors (Lipinski definition) is 7. The molecule has 1 atom stereocenters. The summed E-state index contributed by atoms with van der Waals surface area (Å²) in [5.41, 5.74) is 0.161. The minimum absolute atomic E-state index is 0.0359. The molecule has 2 N–H and O–H groups in total. The van der Waals surface area contributed by atoms with Gasteiger partial charge in [-0.2, -0.15) is 4.31 Å². The average molecular weight is 454 g/mol. The number of amides is 2. The summed E-state index contributed by atoms with van der Waals surface area (Å²) in [6.07, 6.45) is 0. The SMILES string of the molecule is CCN(CC)S(=O)(=O)c1cccc(C(=O)N[C@H](C(=O)Nc2nnc(C)s2)C(C)C)c1. The van der Waals surface area contributed by atoms with Crippen LogP contribution in [0.25, 0.3) is 0 Å². The van der Waals surface area contributed by atoms with Gasteiger partial charge in [0.1, 0.15) is 11.0 Å². The Morgan fingerprint density at radius 2 is 1.83 bits per heavy atom. The zero-order valence-corrected chi connectivity index (χ0v) is 19.3. The third kappa shape index (κ3) is 5.61. The Morgan fingerprint density at radius 3 is 2.37 bits per heavy atom. The minimum Gasteiger partial charge on any atom is -0.340 e. The lowest BCUT2D eigenvalue weighted by atomic mass is 10.0. The number of anilines is 1. The van der Waals surface area contributed by atoms with Gasteiger partial charge < -0.3 is 5.32 Å². The van der Waals surface area contributed by atoms with E-state index in [1.54, 1.807) is 34.6 Å². The monoisotopic (exact) mass is 453 g/mol. The Kier molecular flexibility index (Phi) is 8.04. The van der Waals surface area contributed by atoms with Gasteiger partial charge in [-0.25, -0.2) is 8.42 Å². The number of aromatic nitrogens is 2. The molecule has 164 valence electrons. The Labute approximate surface area is 180 Å². The van der Waals surface area contributed by atoms with Gasteiger partial charge in [-0.1, -0.05) is 45.1 Å². The molecular weight excluding hydrogens is 426 g/mol. The summed E-state index contributed by atoms with van der Waals surface area (Å²) in [5, 5.41) is 14.1. The lowest BCUT2D eigenvalue weighted by molar-refractivity contribution is -0.118. The van der Waals surface area contributed by atoms with Crippen LogP contribution >= 0.6 is 11.3 Å². The van der Waals surface area contributed by atoms with E-state index in [2.05, 4.69) is 20.8 Å². The van der Waals surface area contributed by atoms with Crippen LogP contribution < -0.4 is 10.6 Å². The molecule has 30 heavy (non-hydrogen) atoms. The molecule has 1 heterocycles. The molecule has 0 saturated carbocycles. The molecule has 0 aliphatic carbocycles. The van der Waals surface area contributed by atoms with Crippen molar-refractivity contribution in [2.24, 2.45) is 5.92 Å². The summed E-state index contributed by atoms with van der Waals surface area (Å²) in [5.74, 6) is -1.15. The normalized spacial score (nSPS) is 12.8. The molecule has 11 heteroatoms. The summed E-state index contributed by atoms with van der Waals surface area (Å²) < 4.78 is 26.8. The van der Waals surface area contributed by atoms with Crippen molar-refractivity contribution in [1.82, 2.24) is 19.8 Å². The van der Waals surface area contributed by atoms with E-state index in [9.17, 15) is 18.0 Å². The molecule has 2 amide bonds. The number of nitrogens with one attached hydrogen (secondary N) is 2. The van der Waals surface area contributed by atoms with Crippen molar-refractivity contribution >= 4 is 38.3 Å². The molecule has 0 aliphatic heterocycles. The maximum Gasteiger partial charge on any atom is 0.251 e. The average Bonchev–Trinajstić information content (AvgIpc) is 3.10. The zero-order valence-electron chi connectivity index (χ0n) is 17.7. The van der Waals surface area contributed by atoms with Crippen molar-refractivity contribution in [2.75, 3.05) is 18.4 Å². The Hall–Kier alpha value is -2.37. The third-order valence-corrected chi connectivity index (χ3v) is 7.23. The van der Waals surface area contributed by atoms with Crippen LogP contribution in [0.5, 0.6) is 0 Å². The molecule has 2 aromatic rings. The quantitative estimate of drug-likeness (QED) is 0.601. The molecule has 0 radical (unpaired) electrons. The van der Waals surface area contributed by atoms with Crippen molar-refractivity contribution in [3.05, 3.63) is 34.8 Å². The van der Waals surface area contributed by atoms with Crippen LogP contribution in [0.15, 0.2) is 29.2 Å². The number of rotatable bonds is 9. The second kappa shape index (κ2) is 10.1. The molecule has 1 aromatic carbocycles. The van der Waals surface area contributed by atoms with E-state index in [1.165, 1.54) is 39.9 Å². The van der Waals surface area contributed by atoms with Crippen LogP contribution in [0, 0.1) is 12.8 Å². The third-order valence-electron chi connectivity index (χ3n) is 4.43. The second-order valence-corrected chi connectivity index (χ2v) is 10.0. The molecule has 0 bridgehead atoms. The van der Waals surface area contributed by atoms with Crippen LogP contribution in [0.2, 0.25) is 0 Å². The van der Waals surface area contributed by atoms with Gasteiger partial charge in [-0.05, 0) is 31.0 Å². The lowest BCUT2D eigenvalue weighted by Gasteiger charge is -2.21. The van der Waals surface area contributed by atoms with Crippen molar-refractivity contribution in [3.8, 4) is 0 Å². The first-order valence-corrected chi connectivity index (χ1v) is 11.9. The number of carbonyl (C=O) groups is 2. The first kappa shape index (κ1) is 23.9. The molecule has 2 rings (SSSR count). The first-order valence-electron chi connectivity index (χ1n) is 9.62. The highest BCUT2D eigenvalue weighted by Crippen LogP contribution is 2.18. The van der Waals surface area contributed by atoms with E-state index < -0.39 is 27.9 Å². The molecule has 0 unspecified atom stereocenters. The van der Waals surface area contributed by atoms with E-state index >= 15 is 0 Å². The second-order valence-electron chi connectivity index (χ2n) is 6.93. The highest BCUT2D eigenvalue weighted by Gasteiger charge is 2.27. The maximum absolute atomic E-state index is 12.8. The number of carbonyl (C=O) groups excluding carboxylic acids is 2. The van der Waals surface area contributed by atoms with Crippen LogP contribution in [0.3, 0.4) is 0 Å². The number of sulfonamides is 1. The first-order chi connectivity index (χ1) is 14.1. The van der Waals surface area contributed by atoms with E-state index in [0.29, 0.717) is 23.2 Å². The molecule has 9 nitrogen and oxygen atoms in total. The summed E-state index contributed by atoms with van der Waals surface area (Å²) in [6.45, 7) is 9.54. The molecule has 0 aliphatic rings. The molecular formula is C19H27N5O4S2. The Bertz CT molecular complexity index is 1000. The van der Waals surface area contributed by atoms with E-state index in [4.69, 9.17) is 0 Å². The van der Waals surface area contributed by atoms with Crippen molar-refractivity contribution in [3.63, 3.8) is 0 Å². The van der Waals surface area contributed by atoms with Gasteiger partial charge >= 0.3 is 0 Å². The standard InChI is InChI=1S/C19H27N5O4S2/c1-6-24(7-2)30(27,28)15-10-8-9-14(11-15)17(25)20-16(12(3)4)18(26)21-19-23-22-13(5)29-19/h8-12,16H,6-7H2,1-5H3,(H,20,25)(H,21,23,26)/t16-/m0/s1. The minimum atomic E-state index is -3.70. The van der Waals surface area contributed by atoms with Crippen LogP contribution in [0.4, 0.5) is 5.13 Å². The van der Waals surface area contributed by atoms with Crippen LogP contribution in [-0.4, -0.2) is 53.9 Å². The van der Waals surface area contributed by atoms with E-state index in [-0.39, 0.29) is 16.4 Å². The molecule has 0 saturated heterocycles. The predicted molar refractivity (Wildman–Crippen MR) is 116 cm³/mol. The van der Waals surface area contributed by atoms with Gasteiger partial charge in [-0.3, -0.25) is 14.9 Å². The zero-order chi connectivity index (χ0) is 22.5.